The minimum Gasteiger partial charge on any atom is -0.379 e. The lowest BCUT2D eigenvalue weighted by Gasteiger charge is -2.26. The van der Waals surface area contributed by atoms with E-state index in [1.54, 1.807) is 19.1 Å². The van der Waals surface area contributed by atoms with Gasteiger partial charge in [-0.25, -0.2) is 13.1 Å². The van der Waals surface area contributed by atoms with Crippen LogP contribution in [0.5, 0.6) is 0 Å². The molecular formula is C14H23N3O3S. The molecule has 0 saturated carbocycles. The van der Waals surface area contributed by atoms with Crippen molar-refractivity contribution in [3.63, 3.8) is 0 Å². The summed E-state index contributed by atoms with van der Waals surface area (Å²) in [5, 5.41) is 0. The van der Waals surface area contributed by atoms with Crippen LogP contribution in [0.25, 0.3) is 0 Å². The third-order valence-corrected chi connectivity index (χ3v) is 5.21. The van der Waals surface area contributed by atoms with Crippen LogP contribution in [0.2, 0.25) is 0 Å². The third kappa shape index (κ3) is 4.49. The van der Waals surface area contributed by atoms with Gasteiger partial charge in [-0.2, -0.15) is 0 Å². The summed E-state index contributed by atoms with van der Waals surface area (Å²) >= 11 is 0. The first-order chi connectivity index (χ1) is 10.0. The van der Waals surface area contributed by atoms with Crippen LogP contribution in [0.1, 0.15) is 11.1 Å². The van der Waals surface area contributed by atoms with Gasteiger partial charge >= 0.3 is 0 Å². The van der Waals surface area contributed by atoms with E-state index in [9.17, 15) is 8.42 Å². The first-order valence-electron chi connectivity index (χ1n) is 7.12. The SMILES string of the molecule is Cc1cc(CN)ccc1S(=O)(=O)NCCN1CCOCC1. The Labute approximate surface area is 126 Å². The minimum atomic E-state index is -3.47. The van der Waals surface area contributed by atoms with Crippen molar-refractivity contribution >= 4 is 10.0 Å². The number of hydrogen-bond acceptors (Lipinski definition) is 5. The Balaban J connectivity index is 1.94. The van der Waals surface area contributed by atoms with Gasteiger partial charge in [-0.3, -0.25) is 4.90 Å². The average Bonchev–Trinajstić information content (AvgIpc) is 2.47. The number of aryl methyl sites for hydroxylation is 1. The molecule has 0 radical (unpaired) electrons. The van der Waals surface area contributed by atoms with Gasteiger partial charge in [0.25, 0.3) is 0 Å². The van der Waals surface area contributed by atoms with Crippen molar-refractivity contribution in [2.45, 2.75) is 18.4 Å². The summed E-state index contributed by atoms with van der Waals surface area (Å²) in [5.74, 6) is 0. The highest BCUT2D eigenvalue weighted by Crippen LogP contribution is 2.16. The first-order valence-corrected chi connectivity index (χ1v) is 8.60. The second-order valence-electron chi connectivity index (χ2n) is 5.16. The van der Waals surface area contributed by atoms with Gasteiger partial charge in [-0.15, -0.1) is 0 Å². The first kappa shape index (κ1) is 16.4. The molecule has 1 fully saturated rings. The average molecular weight is 313 g/mol. The molecule has 0 atom stereocenters. The molecule has 21 heavy (non-hydrogen) atoms. The molecule has 118 valence electrons. The van der Waals surface area contributed by atoms with E-state index in [4.69, 9.17) is 10.5 Å². The quantitative estimate of drug-likeness (QED) is 0.776. The number of rotatable bonds is 6. The summed E-state index contributed by atoms with van der Waals surface area (Å²) in [5.41, 5.74) is 7.21. The molecule has 0 amide bonds. The van der Waals surface area contributed by atoms with Crippen LogP contribution in [-0.4, -0.2) is 52.7 Å². The number of nitrogens with one attached hydrogen (secondary N) is 1. The van der Waals surface area contributed by atoms with Crippen LogP contribution in [0.3, 0.4) is 0 Å². The molecule has 7 heteroatoms. The highest BCUT2D eigenvalue weighted by molar-refractivity contribution is 7.89. The van der Waals surface area contributed by atoms with Crippen LogP contribution in [0.4, 0.5) is 0 Å². The molecule has 1 aromatic carbocycles. The Morgan fingerprint density at radius 1 is 1.33 bits per heavy atom. The second kappa shape index (κ2) is 7.33. The number of nitrogens with zero attached hydrogens (tertiary/aromatic N) is 1. The molecule has 1 aliphatic rings. The predicted octanol–water partition coefficient (Wildman–Crippen LogP) is 0.0642. The summed E-state index contributed by atoms with van der Waals surface area (Å²) in [7, 11) is -3.47. The maximum Gasteiger partial charge on any atom is 0.240 e. The summed E-state index contributed by atoms with van der Waals surface area (Å²) in [4.78, 5) is 2.51. The molecule has 0 aliphatic carbocycles. The van der Waals surface area contributed by atoms with E-state index in [0.29, 0.717) is 37.7 Å². The van der Waals surface area contributed by atoms with Crippen molar-refractivity contribution in [2.24, 2.45) is 5.73 Å². The highest BCUT2D eigenvalue weighted by atomic mass is 32.2. The fourth-order valence-corrected chi connectivity index (χ4v) is 3.63. The fourth-order valence-electron chi connectivity index (χ4n) is 2.38. The molecule has 1 saturated heterocycles. The van der Waals surface area contributed by atoms with Gasteiger partial charge in [0.05, 0.1) is 18.1 Å². The standard InChI is InChI=1S/C14H23N3O3S/c1-12-10-13(11-15)2-3-14(12)21(18,19)16-4-5-17-6-8-20-9-7-17/h2-3,10,16H,4-9,11,15H2,1H3. The molecule has 1 aliphatic heterocycles. The van der Waals surface area contributed by atoms with Crippen LogP contribution in [0.15, 0.2) is 23.1 Å². The largest absolute Gasteiger partial charge is 0.379 e. The van der Waals surface area contributed by atoms with Crippen molar-refractivity contribution in [1.82, 2.24) is 9.62 Å². The molecule has 0 aromatic heterocycles. The molecule has 6 nitrogen and oxygen atoms in total. The summed E-state index contributed by atoms with van der Waals surface area (Å²) in [6.45, 7) is 6.43. The van der Waals surface area contributed by atoms with E-state index >= 15 is 0 Å². The molecule has 2 rings (SSSR count). The van der Waals surface area contributed by atoms with Crippen LogP contribution < -0.4 is 10.5 Å². The van der Waals surface area contributed by atoms with Crippen LogP contribution in [-0.2, 0) is 21.3 Å². The maximum atomic E-state index is 12.3. The van der Waals surface area contributed by atoms with Gasteiger partial charge in [-0.1, -0.05) is 12.1 Å². The topological polar surface area (TPSA) is 84.7 Å². The molecule has 3 N–H and O–H groups in total. The molecule has 0 spiro atoms. The second-order valence-corrected chi connectivity index (χ2v) is 6.89. The fraction of sp³-hybridized carbons (Fsp3) is 0.571. The minimum absolute atomic E-state index is 0.321. The number of sulfonamides is 1. The lowest BCUT2D eigenvalue weighted by Crippen LogP contribution is -2.41. The Morgan fingerprint density at radius 2 is 2.05 bits per heavy atom. The zero-order valence-corrected chi connectivity index (χ0v) is 13.2. The lowest BCUT2D eigenvalue weighted by molar-refractivity contribution is 0.0390. The molecular weight excluding hydrogens is 290 g/mol. The normalized spacial score (nSPS) is 17.0. The van der Waals surface area contributed by atoms with Crippen molar-refractivity contribution in [3.05, 3.63) is 29.3 Å². The van der Waals surface area contributed by atoms with Crippen LogP contribution >= 0.6 is 0 Å². The summed E-state index contributed by atoms with van der Waals surface area (Å²) in [6.07, 6.45) is 0. The van der Waals surface area contributed by atoms with Gasteiger partial charge in [0.1, 0.15) is 0 Å². The van der Waals surface area contributed by atoms with Crippen LogP contribution in [0, 0.1) is 6.92 Å². The number of ether oxygens (including phenoxy) is 1. The van der Waals surface area contributed by atoms with Gasteiger partial charge in [-0.05, 0) is 24.1 Å². The number of benzene rings is 1. The van der Waals surface area contributed by atoms with Crippen molar-refractivity contribution < 1.29 is 13.2 Å². The Morgan fingerprint density at radius 3 is 2.67 bits per heavy atom. The highest BCUT2D eigenvalue weighted by Gasteiger charge is 2.17. The third-order valence-electron chi connectivity index (χ3n) is 3.59. The van der Waals surface area contributed by atoms with E-state index in [-0.39, 0.29) is 0 Å². The Kier molecular flexibility index (Phi) is 5.72. The predicted molar refractivity (Wildman–Crippen MR) is 81.5 cm³/mol. The number of nitrogens with two attached hydrogens (primary N) is 1. The van der Waals surface area contributed by atoms with E-state index in [1.165, 1.54) is 0 Å². The van der Waals surface area contributed by atoms with E-state index in [2.05, 4.69) is 9.62 Å². The number of morpholine rings is 1. The molecule has 0 unspecified atom stereocenters. The molecule has 1 aromatic rings. The zero-order valence-electron chi connectivity index (χ0n) is 12.3. The lowest BCUT2D eigenvalue weighted by atomic mass is 10.1. The Hall–Kier alpha value is -0.990. The van der Waals surface area contributed by atoms with Crippen molar-refractivity contribution in [3.8, 4) is 0 Å². The molecule has 1 heterocycles. The Bertz CT molecular complexity index is 569. The van der Waals surface area contributed by atoms with E-state index in [1.807, 2.05) is 6.07 Å². The van der Waals surface area contributed by atoms with Gasteiger partial charge in [0, 0.05) is 32.7 Å². The zero-order chi connectivity index (χ0) is 15.3. The van der Waals surface area contributed by atoms with Crippen molar-refractivity contribution in [1.29, 1.82) is 0 Å². The van der Waals surface area contributed by atoms with Gasteiger partial charge in [0.15, 0.2) is 0 Å². The maximum absolute atomic E-state index is 12.3. The monoisotopic (exact) mass is 313 g/mol. The van der Waals surface area contributed by atoms with E-state index in [0.717, 1.165) is 24.2 Å². The summed E-state index contributed by atoms with van der Waals surface area (Å²) < 4.78 is 32.5. The van der Waals surface area contributed by atoms with Gasteiger partial charge in [0.2, 0.25) is 10.0 Å². The van der Waals surface area contributed by atoms with Gasteiger partial charge < -0.3 is 10.5 Å². The molecule has 0 bridgehead atoms. The van der Waals surface area contributed by atoms with E-state index < -0.39 is 10.0 Å². The summed E-state index contributed by atoms with van der Waals surface area (Å²) in [6, 6.07) is 5.19. The smallest absolute Gasteiger partial charge is 0.240 e. The number of hydrogen-bond donors (Lipinski definition) is 2. The van der Waals surface area contributed by atoms with Crippen molar-refractivity contribution in [2.75, 3.05) is 39.4 Å².